The first kappa shape index (κ1) is 12.7. The van der Waals surface area contributed by atoms with E-state index in [-0.39, 0.29) is 19.4 Å². The smallest absolute Gasteiger partial charge is 0.398 e. The Morgan fingerprint density at radius 3 is 2.47 bits per heavy atom. The molecule has 0 bridgehead atoms. The van der Waals surface area contributed by atoms with Gasteiger partial charge in [0.15, 0.2) is 0 Å². The van der Waals surface area contributed by atoms with Crippen LogP contribution in [0.2, 0.25) is 0 Å². The van der Waals surface area contributed by atoms with Gasteiger partial charge < -0.3 is 5.73 Å². The van der Waals surface area contributed by atoms with Gasteiger partial charge in [0.05, 0.1) is 0 Å². The largest absolute Gasteiger partial charge is 0.406 e. The summed E-state index contributed by atoms with van der Waals surface area (Å²) >= 11 is 3.25. The van der Waals surface area contributed by atoms with E-state index in [1.165, 1.54) is 0 Å². The number of nitrogens with one attached hydrogen (secondary N) is 1. The molecule has 2 rings (SSSR count). The molecule has 0 atom stereocenters. The maximum absolute atomic E-state index is 12.7. The van der Waals surface area contributed by atoms with Crippen molar-refractivity contribution in [1.82, 2.24) is 5.32 Å². The van der Waals surface area contributed by atoms with Crippen molar-refractivity contribution in [2.45, 2.75) is 31.1 Å². The van der Waals surface area contributed by atoms with Gasteiger partial charge in [0.2, 0.25) is 0 Å². The molecule has 2 nitrogen and oxygen atoms in total. The fourth-order valence-electron chi connectivity index (χ4n) is 1.68. The molecule has 0 saturated heterocycles. The maximum Gasteiger partial charge on any atom is 0.406 e. The number of nitrogens with two attached hydrogens (primary N) is 1. The van der Waals surface area contributed by atoms with E-state index in [0.29, 0.717) is 11.3 Å². The summed E-state index contributed by atoms with van der Waals surface area (Å²) in [6.45, 7) is 0.138. The van der Waals surface area contributed by atoms with Gasteiger partial charge in [0.25, 0.3) is 0 Å². The van der Waals surface area contributed by atoms with Gasteiger partial charge in [0, 0.05) is 16.7 Å². The molecule has 0 spiro atoms. The molecule has 1 aromatic carbocycles. The first-order valence-corrected chi connectivity index (χ1v) is 5.99. The number of anilines is 1. The van der Waals surface area contributed by atoms with Gasteiger partial charge in [0.1, 0.15) is 5.54 Å². The molecular weight excluding hydrogens is 297 g/mol. The summed E-state index contributed by atoms with van der Waals surface area (Å²) in [4.78, 5) is 0. The van der Waals surface area contributed by atoms with E-state index in [1.54, 1.807) is 18.2 Å². The lowest BCUT2D eigenvalue weighted by molar-refractivity contribution is -0.166. The number of hydrogen-bond donors (Lipinski definition) is 2. The highest BCUT2D eigenvalue weighted by molar-refractivity contribution is 9.10. The molecule has 17 heavy (non-hydrogen) atoms. The predicted octanol–water partition coefficient (Wildman–Crippen LogP) is 3.22. The number of benzene rings is 1. The molecule has 0 aliphatic heterocycles. The molecule has 0 unspecified atom stereocenters. The normalized spacial score (nSPS) is 18.1. The Kier molecular flexibility index (Phi) is 3.12. The van der Waals surface area contributed by atoms with E-state index in [2.05, 4.69) is 21.2 Å². The van der Waals surface area contributed by atoms with Crippen LogP contribution in [-0.4, -0.2) is 11.7 Å². The minimum atomic E-state index is -4.18. The molecule has 0 amide bonds. The summed E-state index contributed by atoms with van der Waals surface area (Å²) in [7, 11) is 0. The summed E-state index contributed by atoms with van der Waals surface area (Å²) < 4.78 is 38.8. The van der Waals surface area contributed by atoms with Crippen LogP contribution in [0.15, 0.2) is 22.7 Å². The van der Waals surface area contributed by atoms with Crippen molar-refractivity contribution >= 4 is 21.6 Å². The second-order valence-corrected chi connectivity index (χ2v) is 5.19. The van der Waals surface area contributed by atoms with E-state index >= 15 is 0 Å². The SMILES string of the molecule is Nc1cc(Br)ccc1CNC1(C(F)(F)F)CC1. The molecule has 94 valence electrons. The van der Waals surface area contributed by atoms with Gasteiger partial charge >= 0.3 is 6.18 Å². The Bertz CT molecular complexity index is 427. The monoisotopic (exact) mass is 308 g/mol. The second kappa shape index (κ2) is 4.17. The van der Waals surface area contributed by atoms with Crippen LogP contribution in [0.1, 0.15) is 18.4 Å². The van der Waals surface area contributed by atoms with Crippen molar-refractivity contribution in [3.63, 3.8) is 0 Å². The lowest BCUT2D eigenvalue weighted by atomic mass is 10.1. The van der Waals surface area contributed by atoms with Crippen LogP contribution in [0.25, 0.3) is 0 Å². The third-order valence-electron chi connectivity index (χ3n) is 3.02. The Morgan fingerprint density at radius 2 is 2.00 bits per heavy atom. The van der Waals surface area contributed by atoms with Gasteiger partial charge in [-0.05, 0) is 30.5 Å². The summed E-state index contributed by atoms with van der Waals surface area (Å²) in [6, 6.07) is 5.17. The second-order valence-electron chi connectivity index (χ2n) is 4.28. The average molecular weight is 309 g/mol. The molecule has 3 N–H and O–H groups in total. The topological polar surface area (TPSA) is 38.0 Å². The van der Waals surface area contributed by atoms with E-state index < -0.39 is 11.7 Å². The van der Waals surface area contributed by atoms with Crippen molar-refractivity contribution in [1.29, 1.82) is 0 Å². The first-order valence-electron chi connectivity index (χ1n) is 5.20. The van der Waals surface area contributed by atoms with Crippen molar-refractivity contribution in [2.24, 2.45) is 0 Å². The summed E-state index contributed by atoms with van der Waals surface area (Å²) in [5.74, 6) is 0. The van der Waals surface area contributed by atoms with Crippen LogP contribution in [0, 0.1) is 0 Å². The lowest BCUT2D eigenvalue weighted by Gasteiger charge is -2.21. The van der Waals surface area contributed by atoms with E-state index in [1.807, 2.05) is 0 Å². The standard InChI is InChI=1S/C11H12BrF3N2/c12-8-2-1-7(9(16)5-8)6-17-10(3-4-10)11(13,14)15/h1-2,5,17H,3-4,6,16H2. The molecular formula is C11H12BrF3N2. The Hall–Kier alpha value is -0.750. The van der Waals surface area contributed by atoms with Crippen LogP contribution in [-0.2, 0) is 6.54 Å². The summed E-state index contributed by atoms with van der Waals surface area (Å²) in [5, 5.41) is 2.57. The maximum atomic E-state index is 12.7. The number of alkyl halides is 3. The van der Waals surface area contributed by atoms with Crippen LogP contribution in [0.3, 0.4) is 0 Å². The van der Waals surface area contributed by atoms with Gasteiger partial charge in [-0.2, -0.15) is 13.2 Å². The summed E-state index contributed by atoms with van der Waals surface area (Å²) in [6.07, 6.45) is -3.89. The average Bonchev–Trinajstić information content (AvgIpc) is 2.96. The van der Waals surface area contributed by atoms with Crippen molar-refractivity contribution in [2.75, 3.05) is 5.73 Å². The molecule has 1 aliphatic rings. The van der Waals surface area contributed by atoms with Crippen LogP contribution in [0.5, 0.6) is 0 Å². The van der Waals surface area contributed by atoms with Crippen molar-refractivity contribution in [3.8, 4) is 0 Å². The lowest BCUT2D eigenvalue weighted by Crippen LogP contribution is -2.44. The van der Waals surface area contributed by atoms with Crippen LogP contribution >= 0.6 is 15.9 Å². The molecule has 6 heteroatoms. The van der Waals surface area contributed by atoms with Crippen LogP contribution in [0.4, 0.5) is 18.9 Å². The zero-order valence-corrected chi connectivity index (χ0v) is 10.5. The highest BCUT2D eigenvalue weighted by Crippen LogP contribution is 2.49. The minimum Gasteiger partial charge on any atom is -0.398 e. The zero-order valence-electron chi connectivity index (χ0n) is 8.94. The Morgan fingerprint density at radius 1 is 1.35 bits per heavy atom. The first-order chi connectivity index (χ1) is 7.84. The number of hydrogen-bond acceptors (Lipinski definition) is 2. The quantitative estimate of drug-likeness (QED) is 0.842. The highest BCUT2D eigenvalue weighted by atomic mass is 79.9. The molecule has 0 heterocycles. The molecule has 1 aromatic rings. The molecule has 1 aliphatic carbocycles. The molecule has 1 fully saturated rings. The summed E-state index contributed by atoms with van der Waals surface area (Å²) in [5.41, 5.74) is 5.22. The van der Waals surface area contributed by atoms with E-state index in [4.69, 9.17) is 5.73 Å². The number of rotatable bonds is 3. The predicted molar refractivity (Wildman–Crippen MR) is 63.4 cm³/mol. The molecule has 0 radical (unpaired) electrons. The van der Waals surface area contributed by atoms with Crippen LogP contribution < -0.4 is 11.1 Å². The third-order valence-corrected chi connectivity index (χ3v) is 3.51. The number of nitrogen functional groups attached to an aromatic ring is 1. The van der Waals surface area contributed by atoms with E-state index in [0.717, 1.165) is 4.47 Å². The van der Waals surface area contributed by atoms with Gasteiger partial charge in [-0.3, -0.25) is 5.32 Å². The van der Waals surface area contributed by atoms with Gasteiger partial charge in [-0.1, -0.05) is 22.0 Å². The fourth-order valence-corrected chi connectivity index (χ4v) is 2.06. The molecule has 0 aromatic heterocycles. The third kappa shape index (κ3) is 2.57. The fraction of sp³-hybridized carbons (Fsp3) is 0.455. The molecule has 1 saturated carbocycles. The Balaban J connectivity index is 2.04. The number of halogens is 4. The van der Waals surface area contributed by atoms with Crippen molar-refractivity contribution < 1.29 is 13.2 Å². The van der Waals surface area contributed by atoms with Gasteiger partial charge in [-0.15, -0.1) is 0 Å². The van der Waals surface area contributed by atoms with Crippen molar-refractivity contribution in [3.05, 3.63) is 28.2 Å². The zero-order chi connectivity index (χ0) is 12.7. The minimum absolute atomic E-state index is 0.138. The highest BCUT2D eigenvalue weighted by Gasteiger charge is 2.62. The Labute approximate surface area is 106 Å². The van der Waals surface area contributed by atoms with E-state index in [9.17, 15) is 13.2 Å². The van der Waals surface area contributed by atoms with Gasteiger partial charge in [-0.25, -0.2) is 0 Å².